The molecule has 0 heterocycles. The van der Waals surface area contributed by atoms with E-state index in [0.29, 0.717) is 25.9 Å². The van der Waals surface area contributed by atoms with Crippen molar-refractivity contribution in [3.05, 3.63) is 97.2 Å². The molecule has 0 N–H and O–H groups in total. The number of hydrogen-bond acceptors (Lipinski definition) is 5. The van der Waals surface area contributed by atoms with E-state index in [-0.39, 0.29) is 25.2 Å². The van der Waals surface area contributed by atoms with Crippen LogP contribution in [0.1, 0.15) is 252 Å². The summed E-state index contributed by atoms with van der Waals surface area (Å²) in [5.74, 6) is -0.495. The van der Waals surface area contributed by atoms with Crippen LogP contribution in [-0.4, -0.2) is 37.9 Å². The molecule has 0 rings (SSSR count). The molecule has 0 aromatic carbocycles. The summed E-state index contributed by atoms with van der Waals surface area (Å²) in [5, 5.41) is 0. The van der Waals surface area contributed by atoms with Crippen LogP contribution in [0.15, 0.2) is 97.2 Å². The molecule has 0 aliphatic carbocycles. The molecule has 0 saturated heterocycles. The fourth-order valence-corrected chi connectivity index (χ4v) is 7.51. The Morgan fingerprint density at radius 1 is 0.348 bits per heavy atom. The molecule has 0 aromatic rings. The molecule has 5 nitrogen and oxygen atoms in total. The second kappa shape index (κ2) is 56.1. The summed E-state index contributed by atoms with van der Waals surface area (Å²) in [5.41, 5.74) is 0. The molecule has 66 heavy (non-hydrogen) atoms. The van der Waals surface area contributed by atoms with Gasteiger partial charge in [0.1, 0.15) is 6.61 Å². The van der Waals surface area contributed by atoms with Gasteiger partial charge in [0.2, 0.25) is 0 Å². The molecule has 0 aliphatic heterocycles. The zero-order chi connectivity index (χ0) is 47.7. The first-order valence-corrected chi connectivity index (χ1v) is 27.8. The lowest BCUT2D eigenvalue weighted by atomic mass is 10.1. The Balaban J connectivity index is 4.36. The first-order chi connectivity index (χ1) is 32.6. The number of unbranched alkanes of at least 4 members (excludes halogenated alkanes) is 23. The van der Waals surface area contributed by atoms with Gasteiger partial charge in [0.05, 0.1) is 6.61 Å². The van der Waals surface area contributed by atoms with E-state index in [2.05, 4.69) is 112 Å². The minimum Gasteiger partial charge on any atom is -0.462 e. The summed E-state index contributed by atoms with van der Waals surface area (Å²) in [6.45, 7) is 7.62. The van der Waals surface area contributed by atoms with E-state index in [4.69, 9.17) is 14.2 Å². The van der Waals surface area contributed by atoms with Crippen LogP contribution < -0.4 is 0 Å². The van der Waals surface area contributed by atoms with Crippen molar-refractivity contribution in [1.29, 1.82) is 0 Å². The summed E-state index contributed by atoms with van der Waals surface area (Å²) < 4.78 is 17.4. The molecular weight excluding hydrogens is 813 g/mol. The zero-order valence-corrected chi connectivity index (χ0v) is 43.4. The first kappa shape index (κ1) is 62.8. The third-order valence-electron chi connectivity index (χ3n) is 11.6. The van der Waals surface area contributed by atoms with Gasteiger partial charge in [0, 0.05) is 19.4 Å². The average Bonchev–Trinajstić information content (AvgIpc) is 3.32. The topological polar surface area (TPSA) is 61.8 Å². The van der Waals surface area contributed by atoms with E-state index in [1.165, 1.54) is 135 Å². The van der Waals surface area contributed by atoms with Gasteiger partial charge < -0.3 is 14.2 Å². The summed E-state index contributed by atoms with van der Waals surface area (Å²) in [7, 11) is 0. The SMILES string of the molecule is CC/C=C\C/C=C\C/C=C\C/C=C\C/C=C\C/C=C\CCC(=O)OCC(COCCCCCCCCCCCCCC)OC(=O)CCCCCCCCCCC/C=C\C/C=C\CCCCC. The normalized spacial score (nSPS) is 13.0. The first-order valence-electron chi connectivity index (χ1n) is 27.8. The largest absolute Gasteiger partial charge is 0.462 e. The predicted molar refractivity (Wildman–Crippen MR) is 288 cm³/mol. The predicted octanol–water partition coefficient (Wildman–Crippen LogP) is 19.0. The number of carbonyl (C=O) groups excluding carboxylic acids is 2. The monoisotopic (exact) mass is 917 g/mol. The van der Waals surface area contributed by atoms with Crippen molar-refractivity contribution in [3.8, 4) is 0 Å². The van der Waals surface area contributed by atoms with Gasteiger partial charge in [-0.15, -0.1) is 0 Å². The van der Waals surface area contributed by atoms with Crippen molar-refractivity contribution in [3.63, 3.8) is 0 Å². The molecule has 0 aromatic heterocycles. The number of hydrogen-bond donors (Lipinski definition) is 0. The Morgan fingerprint density at radius 2 is 0.712 bits per heavy atom. The quantitative estimate of drug-likeness (QED) is 0.0346. The Kier molecular flexibility index (Phi) is 53.4. The van der Waals surface area contributed by atoms with Crippen LogP contribution in [0.3, 0.4) is 0 Å². The number of ether oxygens (including phenoxy) is 3. The number of rotatable bonds is 50. The molecule has 0 fully saturated rings. The van der Waals surface area contributed by atoms with Gasteiger partial charge in [-0.2, -0.15) is 0 Å². The third-order valence-corrected chi connectivity index (χ3v) is 11.6. The highest BCUT2D eigenvalue weighted by atomic mass is 16.6. The van der Waals surface area contributed by atoms with Gasteiger partial charge in [-0.25, -0.2) is 0 Å². The zero-order valence-electron chi connectivity index (χ0n) is 43.4. The van der Waals surface area contributed by atoms with Crippen molar-refractivity contribution in [2.24, 2.45) is 0 Å². The Labute approximate surface area is 409 Å². The van der Waals surface area contributed by atoms with Crippen molar-refractivity contribution >= 4 is 11.9 Å². The van der Waals surface area contributed by atoms with E-state index in [1.54, 1.807) is 0 Å². The maximum absolute atomic E-state index is 12.8. The van der Waals surface area contributed by atoms with Gasteiger partial charge in [0.25, 0.3) is 0 Å². The van der Waals surface area contributed by atoms with Crippen LogP contribution in [0.5, 0.6) is 0 Å². The maximum Gasteiger partial charge on any atom is 0.306 e. The number of carbonyl (C=O) groups is 2. The molecule has 0 amide bonds. The van der Waals surface area contributed by atoms with E-state index in [9.17, 15) is 9.59 Å². The summed E-state index contributed by atoms with van der Waals surface area (Å²) in [4.78, 5) is 25.4. The van der Waals surface area contributed by atoms with E-state index in [0.717, 1.165) is 77.0 Å². The molecule has 1 unspecified atom stereocenters. The van der Waals surface area contributed by atoms with Gasteiger partial charge in [-0.05, 0) is 89.9 Å². The summed E-state index contributed by atoms with van der Waals surface area (Å²) in [6, 6.07) is 0. The lowest BCUT2D eigenvalue weighted by Gasteiger charge is -2.18. The highest BCUT2D eigenvalue weighted by molar-refractivity contribution is 5.70. The van der Waals surface area contributed by atoms with Gasteiger partial charge in [-0.1, -0.05) is 246 Å². The molecule has 1 atom stereocenters. The Bertz CT molecular complexity index is 1270. The molecule has 0 saturated carbocycles. The Morgan fingerprint density at radius 3 is 1.18 bits per heavy atom. The van der Waals surface area contributed by atoms with Crippen molar-refractivity contribution in [1.82, 2.24) is 0 Å². The molecule has 378 valence electrons. The number of esters is 2. The minimum absolute atomic E-state index is 0.0413. The van der Waals surface area contributed by atoms with Crippen LogP contribution in [-0.2, 0) is 23.8 Å². The van der Waals surface area contributed by atoms with Crippen LogP contribution >= 0.6 is 0 Å². The highest BCUT2D eigenvalue weighted by Gasteiger charge is 2.17. The highest BCUT2D eigenvalue weighted by Crippen LogP contribution is 2.14. The van der Waals surface area contributed by atoms with Crippen molar-refractivity contribution in [2.45, 2.75) is 258 Å². The lowest BCUT2D eigenvalue weighted by molar-refractivity contribution is -0.162. The molecule has 0 radical (unpaired) electrons. The van der Waals surface area contributed by atoms with Crippen LogP contribution in [0.2, 0.25) is 0 Å². The van der Waals surface area contributed by atoms with Gasteiger partial charge in [0.15, 0.2) is 6.10 Å². The standard InChI is InChI=1S/C61H104O5/c1-4-7-10-13-16-19-22-25-27-29-31-33-35-37-39-42-45-48-51-54-60(62)65-58-59(57-64-56-53-50-47-44-41-24-21-18-15-12-9-6-3)66-61(63)55-52-49-46-43-40-38-36-34-32-30-28-26-23-20-17-14-11-8-5-2/h7,10,16-17,19-20,25-28,31,33,37,39,45,48,59H,4-6,8-9,11-15,18,21-24,29-30,32,34-36,38,40-44,46-47,49-58H2,1-3H3/b10-7-,19-16-,20-17-,27-25-,28-26-,33-31-,39-37-,48-45-. The summed E-state index contributed by atoms with van der Waals surface area (Å²) in [6.07, 6.45) is 75.7. The average molecular weight is 917 g/mol. The molecule has 5 heteroatoms. The van der Waals surface area contributed by atoms with Crippen LogP contribution in [0, 0.1) is 0 Å². The second-order valence-electron chi connectivity index (χ2n) is 18.1. The summed E-state index contributed by atoms with van der Waals surface area (Å²) >= 11 is 0. The fourth-order valence-electron chi connectivity index (χ4n) is 7.51. The van der Waals surface area contributed by atoms with E-state index < -0.39 is 6.10 Å². The fraction of sp³-hybridized carbons (Fsp3) is 0.705. The van der Waals surface area contributed by atoms with E-state index in [1.807, 2.05) is 6.08 Å². The molecular formula is C61H104O5. The number of allylic oxidation sites excluding steroid dienone is 16. The van der Waals surface area contributed by atoms with Gasteiger partial charge in [-0.3, -0.25) is 9.59 Å². The second-order valence-corrected chi connectivity index (χ2v) is 18.1. The van der Waals surface area contributed by atoms with E-state index >= 15 is 0 Å². The third kappa shape index (κ3) is 53.4. The lowest BCUT2D eigenvalue weighted by Crippen LogP contribution is -2.30. The van der Waals surface area contributed by atoms with Crippen molar-refractivity contribution < 1.29 is 23.8 Å². The molecule has 0 spiro atoms. The molecule has 0 bridgehead atoms. The van der Waals surface area contributed by atoms with Crippen LogP contribution in [0.4, 0.5) is 0 Å². The smallest absolute Gasteiger partial charge is 0.306 e. The van der Waals surface area contributed by atoms with Crippen molar-refractivity contribution in [2.75, 3.05) is 19.8 Å². The minimum atomic E-state index is -0.572. The molecule has 0 aliphatic rings. The maximum atomic E-state index is 12.8. The van der Waals surface area contributed by atoms with Crippen LogP contribution in [0.25, 0.3) is 0 Å². The Hall–Kier alpha value is -3.18. The van der Waals surface area contributed by atoms with Gasteiger partial charge >= 0.3 is 11.9 Å².